The Morgan fingerprint density at radius 1 is 1.56 bits per heavy atom. The van der Waals surface area contributed by atoms with Crippen LogP contribution in [0.25, 0.3) is 0 Å². The highest BCUT2D eigenvalue weighted by Crippen LogP contribution is 2.30. The molecule has 2 N–H and O–H groups in total. The molecule has 6 heteroatoms. The fourth-order valence-electron chi connectivity index (χ4n) is 1.46. The molecule has 0 saturated heterocycles. The zero-order valence-corrected chi connectivity index (χ0v) is 8.58. The van der Waals surface area contributed by atoms with Crippen LogP contribution in [0.2, 0.25) is 0 Å². The largest absolute Gasteiger partial charge is 0.502 e. The minimum Gasteiger partial charge on any atom is -0.502 e. The van der Waals surface area contributed by atoms with Crippen molar-refractivity contribution < 1.29 is 19.9 Å². The average molecular weight is 225 g/mol. The molecule has 0 aromatic heterocycles. The molecule has 0 fully saturated rings. The number of nitro groups is 1. The van der Waals surface area contributed by atoms with Crippen molar-refractivity contribution in [3.63, 3.8) is 0 Å². The van der Waals surface area contributed by atoms with Gasteiger partial charge in [0.25, 0.3) is 0 Å². The highest BCUT2D eigenvalue weighted by atomic mass is 16.6. The van der Waals surface area contributed by atoms with E-state index in [-0.39, 0.29) is 0 Å². The van der Waals surface area contributed by atoms with Crippen molar-refractivity contribution >= 4 is 11.7 Å². The molecule has 0 bridgehead atoms. The van der Waals surface area contributed by atoms with Crippen molar-refractivity contribution in [3.05, 3.63) is 33.9 Å². The normalized spacial score (nSPS) is 12.1. The van der Waals surface area contributed by atoms with Crippen LogP contribution >= 0.6 is 0 Å². The molecule has 0 aliphatic rings. The summed E-state index contributed by atoms with van der Waals surface area (Å²) in [4.78, 5) is 20.7. The lowest BCUT2D eigenvalue weighted by atomic mass is 9.96. The fraction of sp³-hybridized carbons (Fsp3) is 0.300. The van der Waals surface area contributed by atoms with Crippen LogP contribution in [0.5, 0.6) is 5.75 Å². The maximum atomic E-state index is 10.9. The number of hydrogen-bond donors (Lipinski definition) is 2. The zero-order chi connectivity index (χ0) is 12.3. The van der Waals surface area contributed by atoms with Crippen LogP contribution in [-0.4, -0.2) is 21.1 Å². The van der Waals surface area contributed by atoms with Crippen molar-refractivity contribution in [3.8, 4) is 5.75 Å². The smallest absolute Gasteiger partial charge is 0.310 e. The number of nitrogens with zero attached hydrogens (tertiary/aromatic N) is 1. The molecule has 1 rings (SSSR count). The Hall–Kier alpha value is -2.11. The van der Waals surface area contributed by atoms with E-state index in [0.717, 1.165) is 12.1 Å². The summed E-state index contributed by atoms with van der Waals surface area (Å²) in [5.74, 6) is -2.30. The number of phenolic OH excluding ortho intramolecular Hbond substituents is 1. The number of nitro benzene ring substituents is 1. The molecule has 0 aliphatic carbocycles. The van der Waals surface area contributed by atoms with E-state index in [2.05, 4.69) is 0 Å². The number of benzene rings is 1. The quantitative estimate of drug-likeness (QED) is 0.601. The molecule has 16 heavy (non-hydrogen) atoms. The van der Waals surface area contributed by atoms with Crippen molar-refractivity contribution in [2.45, 2.75) is 19.3 Å². The first-order valence-corrected chi connectivity index (χ1v) is 4.67. The number of phenols is 1. The van der Waals surface area contributed by atoms with Gasteiger partial charge >= 0.3 is 11.7 Å². The van der Waals surface area contributed by atoms with Crippen molar-refractivity contribution in [2.75, 3.05) is 0 Å². The molecule has 86 valence electrons. The minimum atomic E-state index is -1.04. The average Bonchev–Trinajstić information content (AvgIpc) is 2.20. The minimum absolute atomic E-state index is 0.319. The molecule has 1 aromatic rings. The van der Waals surface area contributed by atoms with Crippen LogP contribution in [-0.2, 0) is 4.79 Å². The monoisotopic (exact) mass is 225 g/mol. The standard InChI is InChI=1S/C10H11NO5/c1-2-7(10(13)14)6-3-4-9(12)8(5-6)11(15)16/h3-5,7,12H,2H2,1H3,(H,13,14). The first-order chi connectivity index (χ1) is 7.47. The second-order valence-corrected chi connectivity index (χ2v) is 3.30. The molecular formula is C10H11NO5. The Bertz CT molecular complexity index is 429. The molecule has 0 heterocycles. The predicted octanol–water partition coefficient (Wildman–Crippen LogP) is 1.88. The first-order valence-electron chi connectivity index (χ1n) is 4.67. The molecule has 0 aliphatic heterocycles. The lowest BCUT2D eigenvalue weighted by Crippen LogP contribution is -2.10. The summed E-state index contributed by atoms with van der Waals surface area (Å²) >= 11 is 0. The van der Waals surface area contributed by atoms with Crippen LogP contribution in [0.1, 0.15) is 24.8 Å². The summed E-state index contributed by atoms with van der Waals surface area (Å²) in [7, 11) is 0. The fourth-order valence-corrected chi connectivity index (χ4v) is 1.46. The highest BCUT2D eigenvalue weighted by molar-refractivity contribution is 5.76. The van der Waals surface area contributed by atoms with Gasteiger partial charge in [0, 0.05) is 6.07 Å². The van der Waals surface area contributed by atoms with E-state index in [0.29, 0.717) is 12.0 Å². The highest BCUT2D eigenvalue weighted by Gasteiger charge is 2.22. The lowest BCUT2D eigenvalue weighted by molar-refractivity contribution is -0.385. The molecule has 0 radical (unpaired) electrons. The van der Waals surface area contributed by atoms with Crippen LogP contribution < -0.4 is 0 Å². The van der Waals surface area contributed by atoms with Crippen LogP contribution in [0.4, 0.5) is 5.69 Å². The molecule has 0 spiro atoms. The van der Waals surface area contributed by atoms with Gasteiger partial charge in [0.2, 0.25) is 0 Å². The second-order valence-electron chi connectivity index (χ2n) is 3.30. The molecule has 0 amide bonds. The molecule has 6 nitrogen and oxygen atoms in total. The summed E-state index contributed by atoms with van der Waals surface area (Å²) in [6, 6.07) is 3.61. The van der Waals surface area contributed by atoms with E-state index in [1.807, 2.05) is 0 Å². The van der Waals surface area contributed by atoms with Crippen molar-refractivity contribution in [1.82, 2.24) is 0 Å². The van der Waals surface area contributed by atoms with Gasteiger partial charge in [-0.3, -0.25) is 14.9 Å². The topological polar surface area (TPSA) is 101 Å². The molecule has 1 aromatic carbocycles. The van der Waals surface area contributed by atoms with E-state index < -0.39 is 28.2 Å². The van der Waals surface area contributed by atoms with Crippen LogP contribution in [0.3, 0.4) is 0 Å². The van der Waals surface area contributed by atoms with Crippen LogP contribution in [0, 0.1) is 10.1 Å². The summed E-state index contributed by atoms with van der Waals surface area (Å²) < 4.78 is 0. The van der Waals surface area contributed by atoms with Gasteiger partial charge in [-0.2, -0.15) is 0 Å². The summed E-state index contributed by atoms with van der Waals surface area (Å²) in [5, 5.41) is 28.7. The zero-order valence-electron chi connectivity index (χ0n) is 8.58. The number of carboxylic acids is 1. The second kappa shape index (κ2) is 4.61. The van der Waals surface area contributed by atoms with Gasteiger partial charge < -0.3 is 10.2 Å². The van der Waals surface area contributed by atoms with E-state index in [4.69, 9.17) is 5.11 Å². The van der Waals surface area contributed by atoms with Gasteiger partial charge in [-0.15, -0.1) is 0 Å². The third-order valence-electron chi connectivity index (χ3n) is 2.30. The molecular weight excluding hydrogens is 214 g/mol. The number of carboxylic acid groups (broad SMARTS) is 1. The number of carbonyl (C=O) groups is 1. The summed E-state index contributed by atoms with van der Waals surface area (Å²) in [5.41, 5.74) is -0.156. The van der Waals surface area contributed by atoms with Crippen LogP contribution in [0.15, 0.2) is 18.2 Å². The van der Waals surface area contributed by atoms with Gasteiger partial charge in [0.1, 0.15) is 0 Å². The number of aromatic hydroxyl groups is 1. The van der Waals surface area contributed by atoms with E-state index in [1.165, 1.54) is 6.07 Å². The number of hydrogen-bond acceptors (Lipinski definition) is 4. The van der Waals surface area contributed by atoms with Crippen molar-refractivity contribution in [2.24, 2.45) is 0 Å². The molecule has 1 unspecified atom stereocenters. The third kappa shape index (κ3) is 2.28. The summed E-state index contributed by atoms with van der Waals surface area (Å²) in [6.07, 6.45) is 0.331. The van der Waals surface area contributed by atoms with Gasteiger partial charge in [-0.1, -0.05) is 13.0 Å². The maximum Gasteiger partial charge on any atom is 0.310 e. The third-order valence-corrected chi connectivity index (χ3v) is 2.30. The number of aliphatic carboxylic acids is 1. The van der Waals surface area contributed by atoms with Gasteiger partial charge in [-0.05, 0) is 18.1 Å². The van der Waals surface area contributed by atoms with E-state index in [1.54, 1.807) is 6.92 Å². The number of rotatable bonds is 4. The first kappa shape index (κ1) is 12.0. The lowest BCUT2D eigenvalue weighted by Gasteiger charge is -2.09. The van der Waals surface area contributed by atoms with Crippen molar-refractivity contribution in [1.29, 1.82) is 0 Å². The van der Waals surface area contributed by atoms with E-state index in [9.17, 15) is 20.0 Å². The van der Waals surface area contributed by atoms with Gasteiger partial charge in [-0.25, -0.2) is 0 Å². The predicted molar refractivity (Wildman–Crippen MR) is 55.4 cm³/mol. The summed E-state index contributed by atoms with van der Waals surface area (Å²) in [6.45, 7) is 1.68. The Morgan fingerprint density at radius 2 is 2.19 bits per heavy atom. The Labute approximate surface area is 91.3 Å². The van der Waals surface area contributed by atoms with E-state index >= 15 is 0 Å². The Kier molecular flexibility index (Phi) is 3.44. The Morgan fingerprint density at radius 3 is 2.62 bits per heavy atom. The van der Waals surface area contributed by atoms with Gasteiger partial charge in [0.05, 0.1) is 10.8 Å². The van der Waals surface area contributed by atoms with Gasteiger partial charge in [0.15, 0.2) is 5.75 Å². The Balaban J connectivity index is 3.21. The maximum absolute atomic E-state index is 10.9. The molecule has 1 atom stereocenters. The SMILES string of the molecule is CCC(C(=O)O)c1ccc(O)c([N+](=O)[O-])c1. The molecule has 0 saturated carbocycles.